The van der Waals surface area contributed by atoms with Crippen LogP contribution in [0.25, 0.3) is 0 Å². The fourth-order valence-electron chi connectivity index (χ4n) is 2.17. The summed E-state index contributed by atoms with van der Waals surface area (Å²) < 4.78 is 0. The average molecular weight is 287 g/mol. The second kappa shape index (κ2) is 11.2. The van der Waals surface area contributed by atoms with Crippen LogP contribution in [0.15, 0.2) is 61.4 Å². The molecule has 0 amide bonds. The predicted molar refractivity (Wildman–Crippen MR) is 97.3 cm³/mol. The van der Waals surface area contributed by atoms with Crippen LogP contribution < -0.4 is 0 Å². The van der Waals surface area contributed by atoms with Crippen LogP contribution in [0, 0.1) is 5.92 Å². The summed E-state index contributed by atoms with van der Waals surface area (Å²) in [7, 11) is 0. The van der Waals surface area contributed by atoms with Gasteiger partial charge in [0.1, 0.15) is 0 Å². The van der Waals surface area contributed by atoms with Crippen LogP contribution in [-0.2, 0) is 0 Å². The summed E-state index contributed by atoms with van der Waals surface area (Å²) in [6.45, 7) is 21.8. The Labute approximate surface area is 132 Å². The summed E-state index contributed by atoms with van der Waals surface area (Å²) in [5.74, 6) is 0.441. The zero-order valence-corrected chi connectivity index (χ0v) is 14.4. The first kappa shape index (κ1) is 19.5. The maximum atomic E-state index is 4.28. The Hall–Kier alpha value is -1.50. The Morgan fingerprint density at radius 1 is 1.19 bits per heavy atom. The Morgan fingerprint density at radius 3 is 2.29 bits per heavy atom. The first-order valence-electron chi connectivity index (χ1n) is 8.08. The highest BCUT2D eigenvalue weighted by Crippen LogP contribution is 2.20. The molecule has 21 heavy (non-hydrogen) atoms. The SMILES string of the molecule is C=CC(/C=C\CC)=C/CN(C(=C)C(C)C)C(C=C)CCC. The van der Waals surface area contributed by atoms with Crippen molar-refractivity contribution in [3.8, 4) is 0 Å². The van der Waals surface area contributed by atoms with Gasteiger partial charge in [-0.05, 0) is 24.3 Å². The van der Waals surface area contributed by atoms with Gasteiger partial charge >= 0.3 is 0 Å². The van der Waals surface area contributed by atoms with E-state index in [1.807, 2.05) is 12.2 Å². The van der Waals surface area contributed by atoms with Gasteiger partial charge in [-0.3, -0.25) is 0 Å². The maximum Gasteiger partial charge on any atom is 0.0470 e. The third-order valence-electron chi connectivity index (χ3n) is 3.60. The van der Waals surface area contributed by atoms with Gasteiger partial charge in [0, 0.05) is 18.3 Å². The highest BCUT2D eigenvalue weighted by Gasteiger charge is 2.17. The van der Waals surface area contributed by atoms with Crippen molar-refractivity contribution in [3.63, 3.8) is 0 Å². The fourth-order valence-corrected chi connectivity index (χ4v) is 2.17. The van der Waals surface area contributed by atoms with Gasteiger partial charge in [-0.25, -0.2) is 0 Å². The van der Waals surface area contributed by atoms with Crippen molar-refractivity contribution in [2.75, 3.05) is 6.54 Å². The topological polar surface area (TPSA) is 3.24 Å². The maximum absolute atomic E-state index is 4.28. The monoisotopic (exact) mass is 287 g/mol. The Morgan fingerprint density at radius 2 is 1.86 bits per heavy atom. The molecule has 0 aliphatic rings. The lowest BCUT2D eigenvalue weighted by Gasteiger charge is -2.34. The third-order valence-corrected chi connectivity index (χ3v) is 3.60. The molecule has 0 aliphatic heterocycles. The van der Waals surface area contributed by atoms with Gasteiger partial charge < -0.3 is 4.90 Å². The van der Waals surface area contributed by atoms with Crippen molar-refractivity contribution in [1.29, 1.82) is 0 Å². The summed E-state index contributed by atoms with van der Waals surface area (Å²) in [6.07, 6.45) is 13.8. The van der Waals surface area contributed by atoms with E-state index in [0.29, 0.717) is 12.0 Å². The van der Waals surface area contributed by atoms with Gasteiger partial charge in [0.25, 0.3) is 0 Å². The van der Waals surface area contributed by atoms with E-state index in [0.717, 1.165) is 31.4 Å². The summed E-state index contributed by atoms with van der Waals surface area (Å²) in [4.78, 5) is 2.37. The van der Waals surface area contributed by atoms with Gasteiger partial charge in [-0.2, -0.15) is 0 Å². The molecule has 1 heteroatoms. The molecule has 0 aliphatic carbocycles. The number of nitrogens with zero attached hydrogens (tertiary/aromatic N) is 1. The van der Waals surface area contributed by atoms with E-state index in [-0.39, 0.29) is 0 Å². The van der Waals surface area contributed by atoms with Crippen molar-refractivity contribution in [2.45, 2.75) is 53.0 Å². The van der Waals surface area contributed by atoms with E-state index < -0.39 is 0 Å². The molecule has 0 saturated heterocycles. The first-order chi connectivity index (χ1) is 10.0. The van der Waals surface area contributed by atoms with Crippen LogP contribution in [0.4, 0.5) is 0 Å². The minimum Gasteiger partial charge on any atom is -0.365 e. The number of allylic oxidation sites excluding steroid dienone is 5. The summed E-state index contributed by atoms with van der Waals surface area (Å²) >= 11 is 0. The van der Waals surface area contributed by atoms with Gasteiger partial charge in [0.05, 0.1) is 0 Å². The Balaban J connectivity index is 5.17. The smallest absolute Gasteiger partial charge is 0.0470 e. The molecule has 0 spiro atoms. The zero-order valence-electron chi connectivity index (χ0n) is 14.4. The van der Waals surface area contributed by atoms with Crippen molar-refractivity contribution in [2.24, 2.45) is 5.92 Å². The fraction of sp³-hybridized carbons (Fsp3) is 0.500. The molecule has 0 radical (unpaired) electrons. The molecule has 1 atom stereocenters. The molecule has 0 aromatic rings. The molecule has 0 bridgehead atoms. The van der Waals surface area contributed by atoms with E-state index in [9.17, 15) is 0 Å². The molecule has 118 valence electrons. The summed E-state index contributed by atoms with van der Waals surface area (Å²) in [5, 5.41) is 0. The van der Waals surface area contributed by atoms with Crippen molar-refractivity contribution < 1.29 is 0 Å². The Bertz CT molecular complexity index is 385. The van der Waals surface area contributed by atoms with Crippen LogP contribution in [0.1, 0.15) is 47.0 Å². The van der Waals surface area contributed by atoms with Crippen molar-refractivity contribution >= 4 is 0 Å². The van der Waals surface area contributed by atoms with E-state index >= 15 is 0 Å². The lowest BCUT2D eigenvalue weighted by atomic mass is 10.0. The molecule has 0 aromatic carbocycles. The van der Waals surface area contributed by atoms with Crippen LogP contribution in [0.2, 0.25) is 0 Å². The molecular weight excluding hydrogens is 254 g/mol. The van der Waals surface area contributed by atoms with E-state index in [4.69, 9.17) is 0 Å². The summed E-state index contributed by atoms with van der Waals surface area (Å²) in [5.41, 5.74) is 2.34. The van der Waals surface area contributed by atoms with Crippen molar-refractivity contribution in [3.05, 3.63) is 61.4 Å². The van der Waals surface area contributed by atoms with Crippen LogP contribution in [0.5, 0.6) is 0 Å². The summed E-state index contributed by atoms with van der Waals surface area (Å²) in [6, 6.07) is 0.349. The molecule has 0 saturated carbocycles. The highest BCUT2D eigenvalue weighted by molar-refractivity contribution is 5.29. The third kappa shape index (κ3) is 7.17. The van der Waals surface area contributed by atoms with Gasteiger partial charge in [0.2, 0.25) is 0 Å². The van der Waals surface area contributed by atoms with Gasteiger partial charge in [0.15, 0.2) is 0 Å². The standard InChI is InChI=1S/C20H33N/c1-8-12-14-19(10-3)15-16-21(18(7)17(5)6)20(11-4)13-9-2/h10-12,14-15,17,20H,3-4,7-9,13,16H2,1-2,5-6H3/b14-12-,19-15-. The number of hydrogen-bond acceptors (Lipinski definition) is 1. The number of hydrogen-bond donors (Lipinski definition) is 0. The van der Waals surface area contributed by atoms with E-state index in [2.05, 4.69) is 70.6 Å². The second-order valence-corrected chi connectivity index (χ2v) is 5.61. The highest BCUT2D eigenvalue weighted by atomic mass is 15.2. The van der Waals surface area contributed by atoms with Gasteiger partial charge in [-0.15, -0.1) is 6.58 Å². The van der Waals surface area contributed by atoms with Crippen LogP contribution in [-0.4, -0.2) is 17.5 Å². The predicted octanol–water partition coefficient (Wildman–Crippen LogP) is 5.89. The zero-order chi connectivity index (χ0) is 16.3. The normalized spacial score (nSPS) is 13.5. The van der Waals surface area contributed by atoms with Crippen molar-refractivity contribution in [1.82, 2.24) is 4.90 Å². The number of rotatable bonds is 11. The molecule has 1 unspecified atom stereocenters. The van der Waals surface area contributed by atoms with E-state index in [1.165, 1.54) is 5.70 Å². The largest absolute Gasteiger partial charge is 0.365 e. The molecule has 0 heterocycles. The second-order valence-electron chi connectivity index (χ2n) is 5.61. The minimum atomic E-state index is 0.349. The quantitative estimate of drug-likeness (QED) is 0.338. The lowest BCUT2D eigenvalue weighted by molar-refractivity contribution is 0.280. The molecule has 1 nitrogen and oxygen atoms in total. The lowest BCUT2D eigenvalue weighted by Crippen LogP contribution is -2.34. The van der Waals surface area contributed by atoms with Crippen LogP contribution >= 0.6 is 0 Å². The Kier molecular flexibility index (Phi) is 10.4. The molecular formula is C20H33N. The molecule has 0 aromatic heterocycles. The average Bonchev–Trinajstić information content (AvgIpc) is 2.48. The molecule has 0 fully saturated rings. The van der Waals surface area contributed by atoms with Crippen LogP contribution in [0.3, 0.4) is 0 Å². The minimum absolute atomic E-state index is 0.349. The molecule has 0 rings (SSSR count). The van der Waals surface area contributed by atoms with Gasteiger partial charge in [-0.1, -0.05) is 77.7 Å². The molecule has 0 N–H and O–H groups in total. The van der Waals surface area contributed by atoms with E-state index in [1.54, 1.807) is 0 Å². The first-order valence-corrected chi connectivity index (χ1v) is 8.08.